The van der Waals surface area contributed by atoms with Gasteiger partial charge in [-0.3, -0.25) is 4.79 Å². The van der Waals surface area contributed by atoms with Gasteiger partial charge in [-0.25, -0.2) is 0 Å². The van der Waals surface area contributed by atoms with E-state index >= 15 is 0 Å². The van der Waals surface area contributed by atoms with E-state index in [1.165, 1.54) is 0 Å². The van der Waals surface area contributed by atoms with Gasteiger partial charge in [0, 0.05) is 18.9 Å². The number of rotatable bonds is 6. The molecule has 1 aliphatic carbocycles. The zero-order chi connectivity index (χ0) is 18.6. The highest BCUT2D eigenvalue weighted by molar-refractivity contribution is 5.72. The number of hydrogen-bond donors (Lipinski definition) is 0. The number of ether oxygens (including phenoxy) is 3. The maximum atomic E-state index is 11.6. The van der Waals surface area contributed by atoms with Crippen LogP contribution >= 0.6 is 0 Å². The van der Waals surface area contributed by atoms with Crippen LogP contribution in [-0.2, 0) is 19.0 Å². The average molecular weight is 360 g/mol. The summed E-state index contributed by atoms with van der Waals surface area (Å²) in [6.07, 6.45) is 10.8. The highest BCUT2D eigenvalue weighted by Gasteiger charge is 2.47. The topological polar surface area (TPSA) is 44.8 Å². The second-order valence-electron chi connectivity index (χ2n) is 8.20. The van der Waals surface area contributed by atoms with E-state index in [1.807, 2.05) is 6.92 Å². The maximum Gasteiger partial charge on any atom is 0.306 e. The lowest BCUT2D eigenvalue weighted by atomic mass is 9.86. The molecule has 2 aliphatic heterocycles. The van der Waals surface area contributed by atoms with Crippen LogP contribution in [0.1, 0.15) is 65.7 Å². The fourth-order valence-corrected chi connectivity index (χ4v) is 4.55. The van der Waals surface area contributed by atoms with Gasteiger partial charge < -0.3 is 14.2 Å². The van der Waals surface area contributed by atoms with E-state index in [4.69, 9.17) is 14.2 Å². The lowest BCUT2D eigenvalue weighted by Crippen LogP contribution is -2.35. The van der Waals surface area contributed by atoms with Gasteiger partial charge in [-0.15, -0.1) is 11.8 Å². The van der Waals surface area contributed by atoms with Gasteiger partial charge in [-0.2, -0.15) is 0 Å². The lowest BCUT2D eigenvalue weighted by molar-refractivity contribution is -0.207. The van der Waals surface area contributed by atoms with Crippen LogP contribution < -0.4 is 0 Å². The van der Waals surface area contributed by atoms with Crippen LogP contribution in [0.2, 0.25) is 0 Å². The summed E-state index contributed by atoms with van der Waals surface area (Å²) in [5.74, 6) is 7.30. The van der Waals surface area contributed by atoms with E-state index in [2.05, 4.69) is 37.8 Å². The molecule has 144 valence electrons. The third kappa shape index (κ3) is 4.69. The largest absolute Gasteiger partial charge is 0.462 e. The zero-order valence-electron chi connectivity index (χ0n) is 16.3. The molecule has 4 nitrogen and oxygen atoms in total. The fourth-order valence-electron chi connectivity index (χ4n) is 4.55. The molecule has 1 saturated carbocycles. The predicted molar refractivity (Wildman–Crippen MR) is 100 cm³/mol. The van der Waals surface area contributed by atoms with Crippen molar-refractivity contribution in [2.45, 2.75) is 83.7 Å². The Morgan fingerprint density at radius 3 is 2.96 bits per heavy atom. The Labute approximate surface area is 157 Å². The van der Waals surface area contributed by atoms with Crippen molar-refractivity contribution >= 4 is 5.97 Å². The monoisotopic (exact) mass is 360 g/mol. The summed E-state index contributed by atoms with van der Waals surface area (Å²) in [6, 6.07) is 0. The number of fused-ring (bicyclic) bond motifs is 1. The molecular weight excluding hydrogens is 328 g/mol. The second kappa shape index (κ2) is 8.59. The molecular formula is C22H32O4. The minimum atomic E-state index is -0.396. The summed E-state index contributed by atoms with van der Waals surface area (Å²) in [5.41, 5.74) is -0.396. The molecule has 0 spiro atoms. The quantitative estimate of drug-likeness (QED) is 0.404. The molecule has 3 fully saturated rings. The first kappa shape index (κ1) is 19.5. The highest BCUT2D eigenvalue weighted by atomic mass is 16.7. The fraction of sp³-hybridized carbons (Fsp3) is 0.773. The van der Waals surface area contributed by atoms with E-state index < -0.39 is 5.60 Å². The Kier molecular flexibility index (Phi) is 6.42. The summed E-state index contributed by atoms with van der Waals surface area (Å²) in [7, 11) is 0. The summed E-state index contributed by atoms with van der Waals surface area (Å²) in [6.45, 7) is 7.04. The molecule has 0 bridgehead atoms. The SMILES string of the molecule is CC#CCCC(C)(/C=C/[C@@H]1[C@H]2CC(=O)O[C@H]2C[C@H]1C)OC1CCCCO1. The van der Waals surface area contributed by atoms with Crippen molar-refractivity contribution in [1.82, 2.24) is 0 Å². The minimum absolute atomic E-state index is 0.0434. The van der Waals surface area contributed by atoms with Gasteiger partial charge in [0.25, 0.3) is 0 Å². The molecule has 3 rings (SSSR count). The van der Waals surface area contributed by atoms with Gasteiger partial charge in [0.1, 0.15) is 6.10 Å². The minimum Gasteiger partial charge on any atom is -0.462 e. The van der Waals surface area contributed by atoms with Gasteiger partial charge in [0.05, 0.1) is 12.0 Å². The zero-order valence-corrected chi connectivity index (χ0v) is 16.3. The van der Waals surface area contributed by atoms with Gasteiger partial charge in [-0.05, 0) is 57.8 Å². The van der Waals surface area contributed by atoms with Crippen LogP contribution in [0.4, 0.5) is 0 Å². The Hall–Kier alpha value is -1.31. The van der Waals surface area contributed by atoms with Crippen LogP contribution in [0, 0.1) is 29.6 Å². The number of hydrogen-bond acceptors (Lipinski definition) is 4. The first-order valence-corrected chi connectivity index (χ1v) is 10.1. The molecule has 4 heteroatoms. The molecule has 6 atom stereocenters. The van der Waals surface area contributed by atoms with Crippen molar-refractivity contribution in [2.24, 2.45) is 17.8 Å². The smallest absolute Gasteiger partial charge is 0.306 e. The average Bonchev–Trinajstić information content (AvgIpc) is 3.09. The van der Waals surface area contributed by atoms with Crippen LogP contribution in [-0.4, -0.2) is 30.6 Å². The standard InChI is InChI=1S/C22H32O4/c1-4-5-7-11-22(3,26-21-9-6-8-13-24-21)12-10-17-16(2)14-19-18(17)15-20(23)25-19/h10,12,16-19,21H,6-9,11,13-15H2,1-3H3/b12-10+/t16-,17+,18-,19+,21?,22?/m1/s1. The summed E-state index contributed by atoms with van der Waals surface area (Å²) in [5, 5.41) is 0. The van der Waals surface area contributed by atoms with Crippen LogP contribution in [0.25, 0.3) is 0 Å². The van der Waals surface area contributed by atoms with Gasteiger partial charge in [0.2, 0.25) is 0 Å². The first-order chi connectivity index (χ1) is 12.5. The summed E-state index contributed by atoms with van der Waals surface area (Å²) in [4.78, 5) is 11.6. The molecule has 0 aromatic carbocycles. The molecule has 3 aliphatic rings. The summed E-state index contributed by atoms with van der Waals surface area (Å²) >= 11 is 0. The molecule has 0 aromatic heterocycles. The molecule has 0 radical (unpaired) electrons. The molecule has 2 saturated heterocycles. The van der Waals surface area contributed by atoms with Gasteiger partial charge >= 0.3 is 5.97 Å². The second-order valence-corrected chi connectivity index (χ2v) is 8.20. The third-order valence-electron chi connectivity index (χ3n) is 6.05. The molecule has 2 unspecified atom stereocenters. The van der Waals surface area contributed by atoms with Crippen molar-refractivity contribution in [1.29, 1.82) is 0 Å². The van der Waals surface area contributed by atoms with E-state index in [0.717, 1.165) is 45.1 Å². The van der Waals surface area contributed by atoms with Crippen molar-refractivity contribution in [2.75, 3.05) is 6.61 Å². The van der Waals surface area contributed by atoms with Crippen molar-refractivity contribution in [3.05, 3.63) is 12.2 Å². The Morgan fingerprint density at radius 1 is 1.38 bits per heavy atom. The van der Waals surface area contributed by atoms with Gasteiger partial charge in [0.15, 0.2) is 6.29 Å². The number of allylic oxidation sites excluding steroid dienone is 1. The number of esters is 1. The van der Waals surface area contributed by atoms with E-state index in [0.29, 0.717) is 24.2 Å². The summed E-state index contributed by atoms with van der Waals surface area (Å²) < 4.78 is 17.7. The van der Waals surface area contributed by atoms with E-state index in [9.17, 15) is 4.79 Å². The Morgan fingerprint density at radius 2 is 2.23 bits per heavy atom. The van der Waals surface area contributed by atoms with Crippen LogP contribution in [0.15, 0.2) is 12.2 Å². The van der Waals surface area contributed by atoms with E-state index in [-0.39, 0.29) is 18.4 Å². The van der Waals surface area contributed by atoms with Crippen molar-refractivity contribution < 1.29 is 19.0 Å². The predicted octanol–water partition coefficient (Wildman–Crippen LogP) is 4.24. The Balaban J connectivity index is 1.69. The van der Waals surface area contributed by atoms with Crippen molar-refractivity contribution in [3.8, 4) is 11.8 Å². The highest BCUT2D eigenvalue weighted by Crippen LogP contribution is 2.45. The molecule has 0 N–H and O–H groups in total. The lowest BCUT2D eigenvalue weighted by Gasteiger charge is -2.33. The van der Waals surface area contributed by atoms with Gasteiger partial charge in [-0.1, -0.05) is 19.1 Å². The van der Waals surface area contributed by atoms with Crippen LogP contribution in [0.5, 0.6) is 0 Å². The first-order valence-electron chi connectivity index (χ1n) is 10.1. The van der Waals surface area contributed by atoms with E-state index in [1.54, 1.807) is 0 Å². The number of carbonyl (C=O) groups excluding carboxylic acids is 1. The maximum absolute atomic E-state index is 11.6. The molecule has 0 amide bonds. The molecule has 0 aromatic rings. The Bertz CT molecular complexity index is 581. The molecule has 2 heterocycles. The van der Waals surface area contributed by atoms with Crippen LogP contribution in [0.3, 0.4) is 0 Å². The normalized spacial score (nSPS) is 36.3. The third-order valence-corrected chi connectivity index (χ3v) is 6.05. The number of carbonyl (C=O) groups is 1. The van der Waals surface area contributed by atoms with Crippen molar-refractivity contribution in [3.63, 3.8) is 0 Å². The molecule has 26 heavy (non-hydrogen) atoms.